The van der Waals surface area contributed by atoms with Crippen LogP contribution in [0.2, 0.25) is 0 Å². The number of furan rings is 1. The van der Waals surface area contributed by atoms with Gasteiger partial charge in [-0.25, -0.2) is 5.43 Å². The van der Waals surface area contributed by atoms with Crippen molar-refractivity contribution in [1.82, 2.24) is 16.3 Å². The molecule has 1 aliphatic carbocycles. The summed E-state index contributed by atoms with van der Waals surface area (Å²) in [6, 6.07) is 7.85. The number of rotatable bonds is 5. The summed E-state index contributed by atoms with van der Waals surface area (Å²) in [5.41, 5.74) is 5.62. The Labute approximate surface area is 197 Å². The van der Waals surface area contributed by atoms with Crippen LogP contribution in [0.3, 0.4) is 0 Å². The van der Waals surface area contributed by atoms with Gasteiger partial charge >= 0.3 is 29.8 Å². The molecular formula is C21H17F7N4O4. The maximum atomic E-state index is 13.5. The molecule has 0 unspecified atom stereocenters. The van der Waals surface area contributed by atoms with Crippen molar-refractivity contribution < 1.29 is 49.5 Å². The summed E-state index contributed by atoms with van der Waals surface area (Å²) in [5, 5.41) is 3.31. The van der Waals surface area contributed by atoms with E-state index in [1.165, 1.54) is 19.1 Å². The van der Waals surface area contributed by atoms with Crippen LogP contribution in [0.4, 0.5) is 30.7 Å². The topological polar surface area (TPSA) is 113 Å². The molecule has 15 heteroatoms. The van der Waals surface area contributed by atoms with Crippen molar-refractivity contribution in [3.8, 4) is 0 Å². The van der Waals surface area contributed by atoms with Crippen LogP contribution in [0.25, 0.3) is 0 Å². The number of hydrogen-bond donors (Lipinski definition) is 3. The van der Waals surface area contributed by atoms with Crippen LogP contribution in [0.15, 0.2) is 39.9 Å². The zero-order valence-corrected chi connectivity index (χ0v) is 18.2. The van der Waals surface area contributed by atoms with Crippen molar-refractivity contribution >= 4 is 23.4 Å². The van der Waals surface area contributed by atoms with Crippen LogP contribution >= 0.6 is 0 Å². The van der Waals surface area contributed by atoms with E-state index >= 15 is 0 Å². The number of benzene rings is 1. The van der Waals surface area contributed by atoms with Crippen LogP contribution in [-0.2, 0) is 11.2 Å². The third kappa shape index (κ3) is 4.90. The maximum Gasteiger partial charge on any atom is 0.460 e. The predicted molar refractivity (Wildman–Crippen MR) is 108 cm³/mol. The van der Waals surface area contributed by atoms with Crippen LogP contribution in [0.1, 0.15) is 50.6 Å². The average molecular weight is 522 g/mol. The third-order valence-electron chi connectivity index (χ3n) is 5.19. The zero-order chi connectivity index (χ0) is 26.9. The molecule has 8 nitrogen and oxygen atoms in total. The first-order chi connectivity index (χ1) is 16.7. The number of hydrazine groups is 1. The summed E-state index contributed by atoms with van der Waals surface area (Å²) in [6.45, 7) is 1.37. The summed E-state index contributed by atoms with van der Waals surface area (Å²) in [4.78, 5) is 36.1. The molecule has 194 valence electrons. The SMILES string of the molecule is Cc1c(C(=O)NNC(=O)c2ccccc2)oc2c1/C(=N/NC(=O)C(F)(F)C(F)(F)C(F)(F)F)CCC2. The summed E-state index contributed by atoms with van der Waals surface area (Å²) < 4.78 is 95.6. The van der Waals surface area contributed by atoms with Gasteiger partial charge in [0.2, 0.25) is 0 Å². The molecule has 2 aromatic rings. The van der Waals surface area contributed by atoms with Crippen molar-refractivity contribution in [3.05, 3.63) is 58.5 Å². The molecule has 0 saturated heterocycles. The second-order valence-electron chi connectivity index (χ2n) is 7.63. The fourth-order valence-electron chi connectivity index (χ4n) is 3.34. The molecule has 1 aliphatic rings. The monoisotopic (exact) mass is 522 g/mol. The minimum absolute atomic E-state index is 0.000685. The van der Waals surface area contributed by atoms with E-state index in [4.69, 9.17) is 4.42 Å². The molecule has 3 N–H and O–H groups in total. The standard InChI is InChI=1S/C21H17F7N4O4/c1-10-14-12(29-32-18(35)19(22,23)20(24,25)21(26,27)28)8-5-9-13(14)36-15(10)17(34)31-30-16(33)11-6-3-2-4-7-11/h2-4,6-7H,5,8-9H2,1H3,(H,30,33)(H,31,34)(H,32,35)/b29-12+. The first-order valence-electron chi connectivity index (χ1n) is 10.2. The largest absolute Gasteiger partial charge is 0.460 e. The Morgan fingerprint density at radius 1 is 0.917 bits per heavy atom. The van der Waals surface area contributed by atoms with Gasteiger partial charge in [-0.1, -0.05) is 18.2 Å². The molecule has 0 radical (unpaired) electrons. The highest BCUT2D eigenvalue weighted by atomic mass is 19.4. The minimum atomic E-state index is -6.68. The number of halogens is 7. The lowest BCUT2D eigenvalue weighted by atomic mass is 9.93. The van der Waals surface area contributed by atoms with Crippen molar-refractivity contribution in [2.75, 3.05) is 0 Å². The molecule has 3 amide bonds. The van der Waals surface area contributed by atoms with Crippen LogP contribution in [0, 0.1) is 6.92 Å². The smallest absolute Gasteiger partial charge is 0.455 e. The average Bonchev–Trinajstić information content (AvgIpc) is 3.17. The fourth-order valence-corrected chi connectivity index (χ4v) is 3.34. The molecule has 0 aliphatic heterocycles. The van der Waals surface area contributed by atoms with Gasteiger partial charge < -0.3 is 4.42 Å². The van der Waals surface area contributed by atoms with E-state index in [9.17, 15) is 45.1 Å². The summed E-state index contributed by atoms with van der Waals surface area (Å²) in [5.74, 6) is -17.4. The highest BCUT2D eigenvalue weighted by Gasteiger charge is 2.76. The van der Waals surface area contributed by atoms with Gasteiger partial charge in [0.05, 0.1) is 5.71 Å². The number of alkyl halides is 7. The second kappa shape index (κ2) is 9.62. The first-order valence-corrected chi connectivity index (χ1v) is 10.2. The molecule has 1 aromatic heterocycles. The Morgan fingerprint density at radius 2 is 1.53 bits per heavy atom. The Bertz CT molecular complexity index is 1210. The van der Waals surface area contributed by atoms with Crippen molar-refractivity contribution in [2.45, 2.75) is 44.2 Å². The number of carbonyl (C=O) groups excluding carboxylic acids is 3. The minimum Gasteiger partial charge on any atom is -0.455 e. The summed E-state index contributed by atoms with van der Waals surface area (Å²) in [6.07, 6.45) is -6.16. The van der Waals surface area contributed by atoms with Gasteiger partial charge in [0.1, 0.15) is 5.76 Å². The molecule has 1 aromatic carbocycles. The molecule has 0 fully saturated rings. The Balaban J connectivity index is 1.78. The molecule has 0 atom stereocenters. The van der Waals surface area contributed by atoms with E-state index in [0.29, 0.717) is 0 Å². The fraction of sp³-hybridized carbons (Fsp3) is 0.333. The quantitative estimate of drug-likeness (QED) is 0.411. The maximum absolute atomic E-state index is 13.5. The number of nitrogens with zero attached hydrogens (tertiary/aromatic N) is 1. The molecule has 1 heterocycles. The van der Waals surface area contributed by atoms with E-state index < -0.39 is 35.7 Å². The first kappa shape index (κ1) is 26.7. The van der Waals surface area contributed by atoms with E-state index in [1.807, 2.05) is 0 Å². The number of amides is 3. The second-order valence-corrected chi connectivity index (χ2v) is 7.63. The van der Waals surface area contributed by atoms with Gasteiger partial charge in [0, 0.05) is 23.1 Å². The van der Waals surface area contributed by atoms with Gasteiger partial charge in [-0.2, -0.15) is 35.8 Å². The summed E-state index contributed by atoms with van der Waals surface area (Å²) >= 11 is 0. The number of carbonyl (C=O) groups is 3. The van der Waals surface area contributed by atoms with Gasteiger partial charge in [-0.15, -0.1) is 0 Å². The molecule has 0 bridgehead atoms. The lowest BCUT2D eigenvalue weighted by Crippen LogP contribution is -2.58. The number of hydrogen-bond acceptors (Lipinski definition) is 5. The molecule has 0 saturated carbocycles. The van der Waals surface area contributed by atoms with Crippen molar-refractivity contribution in [2.24, 2.45) is 5.10 Å². The summed E-state index contributed by atoms with van der Waals surface area (Å²) in [7, 11) is 0. The van der Waals surface area contributed by atoms with Gasteiger partial charge in [0.15, 0.2) is 5.76 Å². The van der Waals surface area contributed by atoms with E-state index in [0.717, 1.165) is 5.43 Å². The molecule has 3 rings (SSSR count). The number of nitrogens with one attached hydrogen (secondary N) is 3. The Hall–Kier alpha value is -3.91. The number of aryl methyl sites for hydroxylation is 1. The normalized spacial score (nSPS) is 15.3. The van der Waals surface area contributed by atoms with Crippen molar-refractivity contribution in [1.29, 1.82) is 0 Å². The highest BCUT2D eigenvalue weighted by Crippen LogP contribution is 2.46. The lowest BCUT2D eigenvalue weighted by molar-refractivity contribution is -0.344. The third-order valence-corrected chi connectivity index (χ3v) is 5.19. The van der Waals surface area contributed by atoms with E-state index in [1.54, 1.807) is 18.2 Å². The highest BCUT2D eigenvalue weighted by molar-refractivity contribution is 6.07. The Kier molecular flexibility index (Phi) is 7.13. The Morgan fingerprint density at radius 3 is 2.14 bits per heavy atom. The van der Waals surface area contributed by atoms with Crippen molar-refractivity contribution in [3.63, 3.8) is 0 Å². The number of fused-ring (bicyclic) bond motifs is 1. The van der Waals surface area contributed by atoms with Gasteiger partial charge in [-0.3, -0.25) is 25.2 Å². The molecule has 36 heavy (non-hydrogen) atoms. The molecular weight excluding hydrogens is 505 g/mol. The van der Waals surface area contributed by atoms with Crippen LogP contribution in [-0.4, -0.2) is 41.5 Å². The van der Waals surface area contributed by atoms with Gasteiger partial charge in [-0.05, 0) is 31.9 Å². The number of hydrazone groups is 1. The van der Waals surface area contributed by atoms with Gasteiger partial charge in [0.25, 0.3) is 5.91 Å². The molecule has 0 spiro atoms. The predicted octanol–water partition coefficient (Wildman–Crippen LogP) is 3.65. The van der Waals surface area contributed by atoms with Crippen LogP contribution < -0.4 is 16.3 Å². The van der Waals surface area contributed by atoms with E-state index in [-0.39, 0.29) is 53.2 Å². The van der Waals surface area contributed by atoms with Crippen LogP contribution in [0.5, 0.6) is 0 Å². The van der Waals surface area contributed by atoms with E-state index in [2.05, 4.69) is 16.0 Å². The zero-order valence-electron chi connectivity index (χ0n) is 18.2. The lowest BCUT2D eigenvalue weighted by Gasteiger charge is -2.26.